The molecule has 13 heteroatoms. The van der Waals surface area contributed by atoms with Crippen molar-refractivity contribution in [1.82, 2.24) is 9.88 Å². The number of carbonyl (C=O) groups is 2. The summed E-state index contributed by atoms with van der Waals surface area (Å²) in [5, 5.41) is 15.6. The molecule has 40 heavy (non-hydrogen) atoms. The summed E-state index contributed by atoms with van der Waals surface area (Å²) in [5.74, 6) is -4.75. The molecule has 0 bridgehead atoms. The van der Waals surface area contributed by atoms with Crippen LogP contribution in [0, 0.1) is 12.8 Å². The van der Waals surface area contributed by atoms with Gasteiger partial charge in [0.15, 0.2) is 0 Å². The molecule has 2 heterocycles. The van der Waals surface area contributed by atoms with Gasteiger partial charge >= 0.3 is 24.3 Å². The van der Waals surface area contributed by atoms with E-state index in [1.807, 2.05) is 0 Å². The van der Waals surface area contributed by atoms with Gasteiger partial charge in [0, 0.05) is 48.5 Å². The average molecular weight is 576 g/mol. The molecular formula is C27H31F6N3O4. The first-order chi connectivity index (χ1) is 18.6. The number of hydrogen-bond donors (Lipinski definition) is 3. The quantitative estimate of drug-likeness (QED) is 0.324. The van der Waals surface area contributed by atoms with Crippen molar-refractivity contribution in [1.29, 1.82) is 0 Å². The number of aliphatic carboxylic acids is 2. The Hall–Kier alpha value is -3.74. The van der Waals surface area contributed by atoms with Crippen molar-refractivity contribution < 1.29 is 46.1 Å². The Kier molecular flexibility index (Phi) is 11.4. The lowest BCUT2D eigenvalue weighted by Gasteiger charge is -2.22. The summed E-state index contributed by atoms with van der Waals surface area (Å²) in [6.45, 7) is 6.86. The highest BCUT2D eigenvalue weighted by Gasteiger charge is 2.38. The molecule has 1 aliphatic rings. The molecule has 1 saturated heterocycles. The minimum atomic E-state index is -5.08. The Morgan fingerprint density at radius 3 is 2.02 bits per heavy atom. The molecule has 0 spiro atoms. The van der Waals surface area contributed by atoms with Crippen LogP contribution in [0.15, 0.2) is 54.6 Å². The van der Waals surface area contributed by atoms with E-state index in [0.717, 1.165) is 18.9 Å². The predicted octanol–water partition coefficient (Wildman–Crippen LogP) is 5.74. The van der Waals surface area contributed by atoms with Crippen molar-refractivity contribution in [2.45, 2.75) is 32.1 Å². The van der Waals surface area contributed by atoms with Gasteiger partial charge in [-0.3, -0.25) is 0 Å². The molecule has 3 N–H and O–H groups in total. The molecule has 1 aliphatic heterocycles. The topological polar surface area (TPSA) is 96.9 Å². The second-order valence-corrected chi connectivity index (χ2v) is 9.33. The summed E-state index contributed by atoms with van der Waals surface area (Å²) in [5.41, 5.74) is 5.42. The van der Waals surface area contributed by atoms with Crippen molar-refractivity contribution in [3.63, 3.8) is 0 Å². The second kappa shape index (κ2) is 14.1. The van der Waals surface area contributed by atoms with E-state index >= 15 is 0 Å². The third-order valence-electron chi connectivity index (χ3n) is 6.23. The normalized spacial score (nSPS) is 15.3. The monoisotopic (exact) mass is 575 g/mol. The number of benzene rings is 2. The molecule has 7 nitrogen and oxygen atoms in total. The first-order valence-electron chi connectivity index (χ1n) is 12.2. The summed E-state index contributed by atoms with van der Waals surface area (Å²) in [4.78, 5) is 26.4. The SMILES string of the molecule is Cc1[nH]c2ccccc2c1CCN(C)CC1CCN(c2ccccc2)C1.O=C(O)C(F)(F)F.O=C(O)C(F)(F)F. The van der Waals surface area contributed by atoms with Gasteiger partial charge in [0.05, 0.1) is 0 Å². The smallest absolute Gasteiger partial charge is 0.475 e. The van der Waals surface area contributed by atoms with Gasteiger partial charge in [0.1, 0.15) is 0 Å². The van der Waals surface area contributed by atoms with Crippen LogP contribution in [0.4, 0.5) is 32.0 Å². The molecule has 3 aromatic rings. The zero-order valence-electron chi connectivity index (χ0n) is 21.9. The Morgan fingerprint density at radius 1 is 0.950 bits per heavy atom. The lowest BCUT2D eigenvalue weighted by atomic mass is 10.1. The molecule has 0 amide bonds. The van der Waals surface area contributed by atoms with Gasteiger partial charge in [-0.25, -0.2) is 9.59 Å². The number of hydrogen-bond acceptors (Lipinski definition) is 4. The number of aromatic amines is 1. The van der Waals surface area contributed by atoms with Crippen molar-refractivity contribution in [3.8, 4) is 0 Å². The molecule has 0 radical (unpaired) electrons. The van der Waals surface area contributed by atoms with Crippen molar-refractivity contribution >= 4 is 28.5 Å². The standard InChI is InChI=1S/C23H29N3.2C2HF3O2/c1-18-21(22-10-6-7-11-23(22)24-18)13-14-25(2)16-19-12-15-26(17-19)20-8-4-3-5-9-20;2*3-2(4,5)1(6)7/h3-11,19,24H,12-17H2,1-2H3;2*(H,6,7). The number of H-pyrrole nitrogens is 1. The van der Waals surface area contributed by atoms with Gasteiger partial charge in [-0.05, 0) is 56.5 Å². The summed E-state index contributed by atoms with van der Waals surface area (Å²) < 4.78 is 63.5. The maximum absolute atomic E-state index is 10.6. The molecule has 0 aliphatic carbocycles. The summed E-state index contributed by atoms with van der Waals surface area (Å²) in [7, 11) is 2.27. The maximum Gasteiger partial charge on any atom is 0.490 e. The summed E-state index contributed by atoms with van der Waals surface area (Å²) >= 11 is 0. The third kappa shape index (κ3) is 10.1. The van der Waals surface area contributed by atoms with E-state index in [9.17, 15) is 26.3 Å². The largest absolute Gasteiger partial charge is 0.490 e. The number of anilines is 1. The Balaban J connectivity index is 0.000000333. The van der Waals surface area contributed by atoms with Crippen molar-refractivity contribution in [3.05, 3.63) is 65.9 Å². The number of aryl methyl sites for hydroxylation is 1. The first-order valence-corrected chi connectivity index (χ1v) is 12.2. The van der Waals surface area contributed by atoms with Crippen LogP contribution in [-0.2, 0) is 16.0 Å². The number of carboxylic acid groups (broad SMARTS) is 2. The lowest BCUT2D eigenvalue weighted by Crippen LogP contribution is -2.29. The van der Waals surface area contributed by atoms with E-state index in [4.69, 9.17) is 19.8 Å². The van der Waals surface area contributed by atoms with E-state index < -0.39 is 24.3 Å². The Morgan fingerprint density at radius 2 is 1.48 bits per heavy atom. The predicted molar refractivity (Wildman–Crippen MR) is 138 cm³/mol. The number of fused-ring (bicyclic) bond motifs is 1. The Bertz CT molecular complexity index is 1220. The molecule has 0 saturated carbocycles. The van der Waals surface area contributed by atoms with Crippen LogP contribution < -0.4 is 4.90 Å². The van der Waals surface area contributed by atoms with E-state index in [0.29, 0.717) is 0 Å². The van der Waals surface area contributed by atoms with Gasteiger partial charge < -0.3 is 25.0 Å². The average Bonchev–Trinajstić information content (AvgIpc) is 3.46. The maximum atomic E-state index is 10.6. The third-order valence-corrected chi connectivity index (χ3v) is 6.23. The molecular weight excluding hydrogens is 544 g/mol. The number of carboxylic acids is 2. The molecule has 1 atom stereocenters. The van der Waals surface area contributed by atoms with Gasteiger partial charge in [0.2, 0.25) is 0 Å². The fraction of sp³-hybridized carbons (Fsp3) is 0.407. The number of halogens is 6. The number of nitrogens with one attached hydrogen (secondary N) is 1. The summed E-state index contributed by atoms with van der Waals surface area (Å²) in [6, 6.07) is 19.5. The number of rotatable bonds is 6. The van der Waals surface area contributed by atoms with E-state index in [2.05, 4.69) is 83.4 Å². The van der Waals surface area contributed by atoms with Crippen LogP contribution in [0.2, 0.25) is 0 Å². The fourth-order valence-electron chi connectivity index (χ4n) is 4.35. The van der Waals surface area contributed by atoms with Gasteiger partial charge in [-0.2, -0.15) is 26.3 Å². The molecule has 1 unspecified atom stereocenters. The van der Waals surface area contributed by atoms with Crippen LogP contribution >= 0.6 is 0 Å². The number of alkyl halides is 6. The van der Waals surface area contributed by atoms with E-state index in [1.165, 1.54) is 53.9 Å². The lowest BCUT2D eigenvalue weighted by molar-refractivity contribution is -0.193. The van der Waals surface area contributed by atoms with Crippen molar-refractivity contribution in [2.75, 3.05) is 38.1 Å². The first kappa shape index (κ1) is 32.5. The van der Waals surface area contributed by atoms with Crippen LogP contribution in [0.3, 0.4) is 0 Å². The van der Waals surface area contributed by atoms with Gasteiger partial charge in [-0.1, -0.05) is 36.4 Å². The highest BCUT2D eigenvalue weighted by molar-refractivity contribution is 5.84. The summed E-state index contributed by atoms with van der Waals surface area (Å²) in [6.07, 6.45) is -7.76. The van der Waals surface area contributed by atoms with Gasteiger partial charge in [-0.15, -0.1) is 0 Å². The highest BCUT2D eigenvalue weighted by Crippen LogP contribution is 2.25. The zero-order valence-corrected chi connectivity index (χ0v) is 21.9. The Labute approximate surface area is 227 Å². The van der Waals surface area contributed by atoms with Crippen LogP contribution in [0.1, 0.15) is 17.7 Å². The molecule has 4 rings (SSSR count). The fourth-order valence-corrected chi connectivity index (χ4v) is 4.35. The number of para-hydroxylation sites is 2. The van der Waals surface area contributed by atoms with Crippen LogP contribution in [0.25, 0.3) is 10.9 Å². The number of likely N-dealkylation sites (N-methyl/N-ethyl adjacent to an activating group) is 1. The van der Waals surface area contributed by atoms with Crippen LogP contribution in [0.5, 0.6) is 0 Å². The minimum absolute atomic E-state index is 0.768. The second-order valence-electron chi connectivity index (χ2n) is 9.33. The van der Waals surface area contributed by atoms with Crippen molar-refractivity contribution in [2.24, 2.45) is 5.92 Å². The molecule has 1 fully saturated rings. The number of nitrogens with zero attached hydrogens (tertiary/aromatic N) is 2. The van der Waals surface area contributed by atoms with E-state index in [1.54, 1.807) is 0 Å². The molecule has 2 aromatic carbocycles. The molecule has 220 valence electrons. The zero-order chi connectivity index (χ0) is 30.1. The molecule has 1 aromatic heterocycles. The van der Waals surface area contributed by atoms with Crippen LogP contribution in [-0.4, -0.2) is 77.6 Å². The highest BCUT2D eigenvalue weighted by atomic mass is 19.4. The number of aromatic nitrogens is 1. The minimum Gasteiger partial charge on any atom is -0.475 e. The van der Waals surface area contributed by atoms with Gasteiger partial charge in [0.25, 0.3) is 0 Å². The van der Waals surface area contributed by atoms with E-state index in [-0.39, 0.29) is 0 Å².